The molecule has 0 fully saturated rings. The summed E-state index contributed by atoms with van der Waals surface area (Å²) in [5, 5.41) is 0.895. The van der Waals surface area contributed by atoms with Crippen LogP contribution in [0.4, 0.5) is 10.1 Å². The maximum Gasteiger partial charge on any atom is 0.302 e. The highest BCUT2D eigenvalue weighted by atomic mass is 32.2. The van der Waals surface area contributed by atoms with Gasteiger partial charge in [0.1, 0.15) is 5.82 Å². The lowest BCUT2D eigenvalue weighted by atomic mass is 9.93. The Kier molecular flexibility index (Phi) is 3.52. The molecule has 4 rings (SSSR count). The van der Waals surface area contributed by atoms with Gasteiger partial charge in [-0.25, -0.2) is 4.39 Å². The fraction of sp³-hybridized carbons (Fsp3) is 0.167. The Hall–Kier alpha value is -2.51. The largest absolute Gasteiger partial charge is 0.302 e. The number of nitrogens with one attached hydrogen (secondary N) is 1. The average molecular weight is 357 g/mol. The number of aryl methyl sites for hydroxylation is 1. The van der Waals surface area contributed by atoms with Gasteiger partial charge in [0.05, 0.1) is 17.2 Å². The Morgan fingerprint density at radius 2 is 1.92 bits per heavy atom. The van der Waals surface area contributed by atoms with Crippen LogP contribution in [0.1, 0.15) is 22.7 Å². The summed E-state index contributed by atoms with van der Waals surface area (Å²) in [7, 11) is -2.23. The van der Waals surface area contributed by atoms with Crippen molar-refractivity contribution >= 4 is 26.8 Å². The van der Waals surface area contributed by atoms with E-state index >= 15 is 0 Å². The predicted octanol–water partition coefficient (Wildman–Crippen LogP) is 3.37. The molecule has 0 spiro atoms. The van der Waals surface area contributed by atoms with Gasteiger partial charge in [-0.05, 0) is 36.2 Å². The highest BCUT2D eigenvalue weighted by Crippen LogP contribution is 2.42. The molecule has 5 nitrogen and oxygen atoms in total. The Labute approximate surface area is 145 Å². The molecule has 1 N–H and O–H groups in total. The van der Waals surface area contributed by atoms with Crippen molar-refractivity contribution in [3.8, 4) is 0 Å². The normalized spacial score (nSPS) is 19.4. The lowest BCUT2D eigenvalue weighted by Gasteiger charge is -2.35. The third kappa shape index (κ3) is 2.47. The number of rotatable bonds is 1. The second-order valence-electron chi connectivity index (χ2n) is 6.13. The summed E-state index contributed by atoms with van der Waals surface area (Å²) < 4.78 is 42.5. The first kappa shape index (κ1) is 16.0. The van der Waals surface area contributed by atoms with Crippen LogP contribution in [-0.4, -0.2) is 24.8 Å². The average Bonchev–Trinajstić information content (AvgIpc) is 2.59. The molecule has 1 atom stereocenters. The molecule has 0 aliphatic carbocycles. The molecule has 2 heterocycles. The van der Waals surface area contributed by atoms with Crippen LogP contribution >= 0.6 is 0 Å². The molecule has 0 radical (unpaired) electrons. The van der Waals surface area contributed by atoms with E-state index in [0.717, 1.165) is 16.5 Å². The zero-order chi connectivity index (χ0) is 17.8. The van der Waals surface area contributed by atoms with Gasteiger partial charge in [-0.3, -0.25) is 9.71 Å². The highest BCUT2D eigenvalue weighted by molar-refractivity contribution is 7.90. The number of anilines is 1. The number of pyridine rings is 1. The van der Waals surface area contributed by atoms with Gasteiger partial charge in [0.15, 0.2) is 0 Å². The smallest absolute Gasteiger partial charge is 0.268 e. The van der Waals surface area contributed by atoms with Gasteiger partial charge in [0, 0.05) is 24.2 Å². The molecule has 1 unspecified atom stereocenters. The Morgan fingerprint density at radius 3 is 2.64 bits per heavy atom. The Morgan fingerprint density at radius 1 is 1.20 bits per heavy atom. The first-order chi connectivity index (χ1) is 11.9. The monoisotopic (exact) mass is 357 g/mol. The van der Waals surface area contributed by atoms with Gasteiger partial charge in [-0.1, -0.05) is 24.3 Å². The minimum Gasteiger partial charge on any atom is -0.268 e. The number of hydrogen-bond acceptors (Lipinski definition) is 3. The van der Waals surface area contributed by atoms with Crippen LogP contribution in [-0.2, 0) is 10.2 Å². The first-order valence-corrected chi connectivity index (χ1v) is 9.22. The number of hydrogen-bond donors (Lipinski definition) is 1. The van der Waals surface area contributed by atoms with Crippen molar-refractivity contribution in [1.29, 1.82) is 0 Å². The summed E-state index contributed by atoms with van der Waals surface area (Å²) in [4.78, 5) is 4.38. The highest BCUT2D eigenvalue weighted by Gasteiger charge is 2.37. The molecular formula is C18H16FN3O2S. The number of halogens is 1. The first-order valence-electron chi connectivity index (χ1n) is 7.78. The lowest BCUT2D eigenvalue weighted by Crippen LogP contribution is -2.40. The fourth-order valence-electron chi connectivity index (χ4n) is 3.34. The SMILES string of the molecule is Cc1cc2c(c3ncccc13)NS(=O)(=O)N(C)C2c1ccc(F)cc1. The third-order valence-electron chi connectivity index (χ3n) is 4.58. The van der Waals surface area contributed by atoms with Crippen molar-refractivity contribution in [3.05, 3.63) is 71.2 Å². The Bertz CT molecular complexity index is 1080. The molecule has 2 aromatic carbocycles. The molecule has 0 amide bonds. The molecule has 7 heteroatoms. The van der Waals surface area contributed by atoms with Crippen molar-refractivity contribution in [3.63, 3.8) is 0 Å². The quantitative estimate of drug-likeness (QED) is 0.726. The van der Waals surface area contributed by atoms with Crippen molar-refractivity contribution in [2.45, 2.75) is 13.0 Å². The minimum absolute atomic E-state index is 0.361. The van der Waals surface area contributed by atoms with E-state index in [1.807, 2.05) is 25.1 Å². The van der Waals surface area contributed by atoms with Crippen LogP contribution < -0.4 is 4.72 Å². The third-order valence-corrected chi connectivity index (χ3v) is 6.02. The number of aromatic nitrogens is 1. The summed E-state index contributed by atoms with van der Waals surface area (Å²) in [6.07, 6.45) is 1.64. The van der Waals surface area contributed by atoms with E-state index in [4.69, 9.17) is 0 Å². The van der Waals surface area contributed by atoms with Crippen LogP contribution in [0.25, 0.3) is 10.9 Å². The zero-order valence-electron chi connectivity index (χ0n) is 13.7. The van der Waals surface area contributed by atoms with E-state index in [9.17, 15) is 12.8 Å². The van der Waals surface area contributed by atoms with E-state index in [0.29, 0.717) is 16.8 Å². The van der Waals surface area contributed by atoms with Gasteiger partial charge in [-0.2, -0.15) is 12.7 Å². The van der Waals surface area contributed by atoms with E-state index in [1.54, 1.807) is 18.3 Å². The summed E-state index contributed by atoms with van der Waals surface area (Å²) in [6, 6.07) is 11.0. The van der Waals surface area contributed by atoms with E-state index < -0.39 is 16.3 Å². The van der Waals surface area contributed by atoms with E-state index in [2.05, 4.69) is 9.71 Å². The van der Waals surface area contributed by atoms with Crippen molar-refractivity contribution < 1.29 is 12.8 Å². The van der Waals surface area contributed by atoms with E-state index in [1.165, 1.54) is 23.5 Å². The number of benzene rings is 2. The van der Waals surface area contributed by atoms with Gasteiger partial charge in [0.2, 0.25) is 0 Å². The van der Waals surface area contributed by atoms with Gasteiger partial charge < -0.3 is 0 Å². The summed E-state index contributed by atoms with van der Waals surface area (Å²) in [6.45, 7) is 1.97. The van der Waals surface area contributed by atoms with Crippen LogP contribution in [0.5, 0.6) is 0 Å². The molecule has 128 valence electrons. The lowest BCUT2D eigenvalue weighted by molar-refractivity contribution is 0.416. The second-order valence-corrected chi connectivity index (χ2v) is 7.86. The number of fused-ring (bicyclic) bond motifs is 3. The molecule has 25 heavy (non-hydrogen) atoms. The maximum absolute atomic E-state index is 13.3. The topological polar surface area (TPSA) is 62.3 Å². The molecule has 0 saturated heterocycles. The molecule has 0 saturated carbocycles. The summed E-state index contributed by atoms with van der Waals surface area (Å²) in [5.41, 5.74) is 3.59. The van der Waals surface area contributed by atoms with Crippen molar-refractivity contribution in [2.75, 3.05) is 11.8 Å². The predicted molar refractivity (Wildman–Crippen MR) is 95.0 cm³/mol. The van der Waals surface area contributed by atoms with E-state index in [-0.39, 0.29) is 5.82 Å². The van der Waals surface area contributed by atoms with Crippen LogP contribution in [0.2, 0.25) is 0 Å². The van der Waals surface area contributed by atoms with Gasteiger partial charge >= 0.3 is 10.2 Å². The van der Waals surface area contributed by atoms with Crippen LogP contribution in [0.15, 0.2) is 48.7 Å². The zero-order valence-corrected chi connectivity index (χ0v) is 14.5. The standard InChI is InChI=1S/C18H16FN3O2S/c1-11-10-15-17(16-14(11)4-3-9-20-16)21-25(23,24)22(2)18(15)12-5-7-13(19)8-6-12/h3-10,18,21H,1-2H3. The second kappa shape index (κ2) is 5.50. The molecule has 3 aromatic rings. The number of nitrogens with zero attached hydrogens (tertiary/aromatic N) is 2. The summed E-state index contributed by atoms with van der Waals surface area (Å²) in [5.74, 6) is -0.361. The molecule has 1 aromatic heterocycles. The van der Waals surface area contributed by atoms with Crippen LogP contribution in [0, 0.1) is 12.7 Å². The molecule has 0 bridgehead atoms. The molecular weight excluding hydrogens is 341 g/mol. The van der Waals surface area contributed by atoms with Crippen molar-refractivity contribution in [1.82, 2.24) is 9.29 Å². The van der Waals surface area contributed by atoms with Crippen LogP contribution in [0.3, 0.4) is 0 Å². The van der Waals surface area contributed by atoms with Crippen molar-refractivity contribution in [2.24, 2.45) is 0 Å². The molecule has 1 aliphatic rings. The maximum atomic E-state index is 13.3. The molecule has 1 aliphatic heterocycles. The van der Waals surface area contributed by atoms with Gasteiger partial charge in [0.25, 0.3) is 0 Å². The summed E-state index contributed by atoms with van der Waals surface area (Å²) >= 11 is 0. The Balaban J connectivity index is 2.05. The fourth-order valence-corrected chi connectivity index (χ4v) is 4.46. The van der Waals surface area contributed by atoms with Gasteiger partial charge in [-0.15, -0.1) is 0 Å². The minimum atomic E-state index is -3.74.